The number of hydrogen-bond donors (Lipinski definition) is 1. The molecule has 0 aromatic carbocycles. The number of aromatic nitrogens is 6. The Kier molecular flexibility index (Phi) is 6.91. The Morgan fingerprint density at radius 2 is 1.88 bits per heavy atom. The van der Waals surface area contributed by atoms with Gasteiger partial charge in [0, 0.05) is 12.6 Å². The first-order valence-corrected chi connectivity index (χ1v) is 13.7. The lowest BCUT2D eigenvalue weighted by Crippen LogP contribution is -2.45. The topological polar surface area (TPSA) is 125 Å². The van der Waals surface area contributed by atoms with Crippen molar-refractivity contribution in [1.82, 2.24) is 29.9 Å². The Hall–Kier alpha value is -2.50. The molecule has 2 aromatic heterocycles. The number of nitrogens with one attached hydrogen (secondary N) is 1. The molecule has 1 N–H and O–H groups in total. The van der Waals surface area contributed by atoms with E-state index in [2.05, 4.69) is 59.2 Å². The van der Waals surface area contributed by atoms with Crippen molar-refractivity contribution >= 4 is 20.5 Å². The first-order valence-electron chi connectivity index (χ1n) is 10.8. The summed E-state index contributed by atoms with van der Waals surface area (Å²) < 4.78 is 14.2. The number of nitrogens with zero attached hydrogens (tertiary/aromatic N) is 5. The molecule has 0 bridgehead atoms. The van der Waals surface area contributed by atoms with Crippen molar-refractivity contribution < 1.29 is 9.16 Å². The molecule has 2 aromatic rings. The van der Waals surface area contributed by atoms with Crippen LogP contribution in [0.3, 0.4) is 0 Å². The molecule has 0 aliphatic carbocycles. The van der Waals surface area contributed by atoms with E-state index in [1.54, 1.807) is 6.92 Å². The normalized spacial score (nSPS) is 22.0. The van der Waals surface area contributed by atoms with Crippen molar-refractivity contribution in [2.75, 3.05) is 0 Å². The summed E-state index contributed by atoms with van der Waals surface area (Å²) in [7, 11) is -2.01. The minimum atomic E-state index is -2.01. The zero-order valence-electron chi connectivity index (χ0n) is 19.7. The average Bonchev–Trinajstić information content (AvgIpc) is 3.09. The van der Waals surface area contributed by atoms with Crippen LogP contribution in [-0.4, -0.2) is 50.5 Å². The van der Waals surface area contributed by atoms with Gasteiger partial charge in [-0.1, -0.05) is 27.7 Å². The molecule has 1 unspecified atom stereocenters. The van der Waals surface area contributed by atoms with Crippen LogP contribution >= 0.6 is 0 Å². The molecule has 3 atom stereocenters. The lowest BCUT2D eigenvalue weighted by Gasteiger charge is -2.39. The lowest BCUT2D eigenvalue weighted by molar-refractivity contribution is -0.0198. The summed E-state index contributed by atoms with van der Waals surface area (Å²) in [4.78, 5) is 27.2. The van der Waals surface area contributed by atoms with Gasteiger partial charge in [0.05, 0.1) is 17.8 Å². The zero-order chi connectivity index (χ0) is 23.7. The summed E-state index contributed by atoms with van der Waals surface area (Å²) in [6.07, 6.45) is 5.10. The van der Waals surface area contributed by atoms with Crippen LogP contribution in [0.25, 0.3) is 12.2 Å². The second-order valence-electron chi connectivity index (χ2n) is 9.58. The van der Waals surface area contributed by atoms with Crippen LogP contribution in [0, 0.1) is 6.92 Å². The monoisotopic (exact) mass is 460 g/mol. The molecule has 1 aliphatic rings. The largest absolute Gasteiger partial charge is 0.411 e. The summed E-state index contributed by atoms with van der Waals surface area (Å²) in [6, 6.07) is 0. The Bertz CT molecular complexity index is 1090. The molecular formula is C21H32N6O4Si. The third-order valence-corrected chi connectivity index (χ3v) is 10.7. The number of aromatic amines is 1. The van der Waals surface area contributed by atoms with Crippen molar-refractivity contribution in [1.29, 1.82) is 0 Å². The molecule has 0 amide bonds. The fourth-order valence-electron chi connectivity index (χ4n) is 3.26. The Labute approximate surface area is 188 Å². The van der Waals surface area contributed by atoms with Gasteiger partial charge >= 0.3 is 5.69 Å². The second kappa shape index (κ2) is 9.16. The van der Waals surface area contributed by atoms with Crippen LogP contribution in [0.1, 0.15) is 64.0 Å². The van der Waals surface area contributed by atoms with E-state index in [4.69, 9.17) is 9.16 Å². The molecule has 0 saturated carbocycles. The molecular weight excluding hydrogens is 428 g/mol. The van der Waals surface area contributed by atoms with E-state index in [9.17, 15) is 9.59 Å². The third kappa shape index (κ3) is 5.27. The summed E-state index contributed by atoms with van der Waals surface area (Å²) in [5.41, 5.74) is -0.747. The first-order chi connectivity index (χ1) is 14.9. The summed E-state index contributed by atoms with van der Waals surface area (Å²) in [5, 5.41) is 15.5. The molecule has 10 nitrogen and oxygen atoms in total. The highest BCUT2D eigenvalue weighted by atomic mass is 28.4. The quantitative estimate of drug-likeness (QED) is 0.652. The molecule has 174 valence electrons. The highest BCUT2D eigenvalue weighted by Crippen LogP contribution is 2.41. The van der Waals surface area contributed by atoms with E-state index >= 15 is 0 Å². The van der Waals surface area contributed by atoms with E-state index in [1.165, 1.54) is 22.9 Å². The maximum atomic E-state index is 12.6. The zero-order valence-corrected chi connectivity index (χ0v) is 20.7. The van der Waals surface area contributed by atoms with Gasteiger partial charge in [-0.25, -0.2) is 4.79 Å². The number of hydrogen-bond acceptors (Lipinski definition) is 8. The Morgan fingerprint density at radius 1 is 1.22 bits per heavy atom. The van der Waals surface area contributed by atoms with E-state index in [1.807, 2.05) is 6.92 Å². The fourth-order valence-corrected chi connectivity index (χ4v) is 4.62. The van der Waals surface area contributed by atoms with Gasteiger partial charge < -0.3 is 9.16 Å². The van der Waals surface area contributed by atoms with Crippen LogP contribution in [0.5, 0.6) is 0 Å². The SMILES string of the molecule is CC[C@H]1O[C@@H](n2cc(/C=C/c3nnc(C)nn3)c(=O)[nH]c2=O)CC1O[Si](C)(C)C(C)(C)C. The second-order valence-corrected chi connectivity index (χ2v) is 14.3. The molecule has 3 rings (SSSR count). The molecule has 1 fully saturated rings. The maximum Gasteiger partial charge on any atom is 0.330 e. The van der Waals surface area contributed by atoms with Crippen LogP contribution in [0.4, 0.5) is 0 Å². The molecule has 0 radical (unpaired) electrons. The molecule has 11 heteroatoms. The van der Waals surface area contributed by atoms with Crippen molar-refractivity contribution in [3.63, 3.8) is 0 Å². The van der Waals surface area contributed by atoms with Crippen molar-refractivity contribution in [3.05, 3.63) is 44.2 Å². The van der Waals surface area contributed by atoms with Crippen LogP contribution in [0.15, 0.2) is 15.8 Å². The molecule has 1 aliphatic heterocycles. The van der Waals surface area contributed by atoms with Crippen molar-refractivity contribution in [2.45, 2.75) is 84.0 Å². The third-order valence-electron chi connectivity index (χ3n) is 6.15. The van der Waals surface area contributed by atoms with Crippen molar-refractivity contribution in [2.24, 2.45) is 0 Å². The van der Waals surface area contributed by atoms with Gasteiger partial charge in [0.2, 0.25) is 0 Å². The Balaban J connectivity index is 1.86. The van der Waals surface area contributed by atoms with Gasteiger partial charge in [0.1, 0.15) is 6.23 Å². The number of rotatable bonds is 6. The van der Waals surface area contributed by atoms with E-state index in [0.717, 1.165) is 6.42 Å². The van der Waals surface area contributed by atoms with Crippen LogP contribution < -0.4 is 11.2 Å². The van der Waals surface area contributed by atoms with E-state index in [-0.39, 0.29) is 28.6 Å². The first kappa shape index (κ1) is 24.1. The minimum Gasteiger partial charge on any atom is -0.411 e. The molecule has 3 heterocycles. The van der Waals surface area contributed by atoms with Gasteiger partial charge in [-0.3, -0.25) is 14.3 Å². The number of H-pyrrole nitrogens is 1. The molecule has 1 saturated heterocycles. The maximum absolute atomic E-state index is 12.6. The van der Waals surface area contributed by atoms with Gasteiger partial charge in [-0.2, -0.15) is 0 Å². The fraction of sp³-hybridized carbons (Fsp3) is 0.619. The van der Waals surface area contributed by atoms with Gasteiger partial charge in [0.15, 0.2) is 20.0 Å². The van der Waals surface area contributed by atoms with Crippen LogP contribution in [-0.2, 0) is 9.16 Å². The van der Waals surface area contributed by atoms with Gasteiger partial charge in [-0.05, 0) is 43.6 Å². The van der Waals surface area contributed by atoms with E-state index in [0.29, 0.717) is 12.2 Å². The van der Waals surface area contributed by atoms with E-state index < -0.39 is 25.8 Å². The summed E-state index contributed by atoms with van der Waals surface area (Å²) in [6.45, 7) is 14.7. The van der Waals surface area contributed by atoms with Gasteiger partial charge in [0.25, 0.3) is 5.56 Å². The predicted molar refractivity (Wildman–Crippen MR) is 123 cm³/mol. The number of aryl methyl sites for hydroxylation is 1. The predicted octanol–water partition coefficient (Wildman–Crippen LogP) is 2.68. The standard InChI is InChI=1S/C21H32N6O4Si/c1-8-15-16(31-32(6,7)21(3,4)5)11-18(30-15)27-12-14(19(28)22-20(27)29)9-10-17-25-23-13(2)24-26-17/h9-10,12,15-16,18H,8,11H2,1-7H3,(H,22,28,29)/b10-9+/t15-,16?,18-/m1/s1. The minimum absolute atomic E-state index is 0.0674. The van der Waals surface area contributed by atoms with Crippen LogP contribution in [0.2, 0.25) is 18.1 Å². The highest BCUT2D eigenvalue weighted by Gasteiger charge is 2.44. The Morgan fingerprint density at radius 3 is 2.47 bits per heavy atom. The lowest BCUT2D eigenvalue weighted by atomic mass is 10.1. The molecule has 32 heavy (non-hydrogen) atoms. The summed E-state index contributed by atoms with van der Waals surface area (Å²) >= 11 is 0. The van der Waals surface area contributed by atoms with Crippen molar-refractivity contribution in [3.8, 4) is 0 Å². The molecule has 0 spiro atoms. The highest BCUT2D eigenvalue weighted by molar-refractivity contribution is 6.74. The van der Waals surface area contributed by atoms with Gasteiger partial charge in [-0.15, -0.1) is 20.4 Å². The number of ether oxygens (including phenoxy) is 1. The smallest absolute Gasteiger partial charge is 0.330 e. The average molecular weight is 461 g/mol. The summed E-state index contributed by atoms with van der Waals surface area (Å²) in [5.74, 6) is 0.714.